The summed E-state index contributed by atoms with van der Waals surface area (Å²) in [4.78, 5) is 24.4. The number of thiophene rings is 1. The Morgan fingerprint density at radius 1 is 1.35 bits per heavy atom. The van der Waals surface area contributed by atoms with Gasteiger partial charge in [0.2, 0.25) is 5.91 Å². The third-order valence-corrected chi connectivity index (χ3v) is 3.29. The number of anilines is 1. The van der Waals surface area contributed by atoms with Crippen molar-refractivity contribution in [2.75, 3.05) is 32.6 Å². The van der Waals surface area contributed by atoms with E-state index in [1.807, 2.05) is 23.4 Å². The van der Waals surface area contributed by atoms with Gasteiger partial charge in [0.25, 0.3) is 0 Å². The van der Waals surface area contributed by atoms with Gasteiger partial charge in [-0.25, -0.2) is 9.97 Å². The Balaban J connectivity index is 2.27. The fraction of sp³-hybridized carbons (Fsp3) is 0.364. The summed E-state index contributed by atoms with van der Waals surface area (Å²) in [6, 6.07) is 1.98. The van der Waals surface area contributed by atoms with Crippen molar-refractivity contribution in [2.45, 2.75) is 0 Å². The van der Waals surface area contributed by atoms with E-state index in [1.54, 1.807) is 30.3 Å². The number of nitrogens with zero attached hydrogens (tertiary/aromatic N) is 4. The maximum absolute atomic E-state index is 11.6. The van der Waals surface area contributed by atoms with E-state index in [9.17, 15) is 4.79 Å². The minimum atomic E-state index is 0.0505. The molecule has 0 fully saturated rings. The van der Waals surface area contributed by atoms with Crippen molar-refractivity contribution in [1.29, 1.82) is 0 Å². The normalized spacial score (nSPS) is 10.5. The van der Waals surface area contributed by atoms with E-state index in [0.29, 0.717) is 6.54 Å². The van der Waals surface area contributed by atoms with Gasteiger partial charge in [-0.05, 0) is 11.4 Å². The molecule has 0 saturated heterocycles. The van der Waals surface area contributed by atoms with E-state index in [-0.39, 0.29) is 5.91 Å². The molecule has 0 radical (unpaired) electrons. The van der Waals surface area contributed by atoms with Gasteiger partial charge in [0.1, 0.15) is 17.0 Å². The Morgan fingerprint density at radius 2 is 2.12 bits per heavy atom. The van der Waals surface area contributed by atoms with Gasteiger partial charge in [-0.2, -0.15) is 0 Å². The second kappa shape index (κ2) is 4.67. The highest BCUT2D eigenvalue weighted by molar-refractivity contribution is 7.16. The predicted molar refractivity (Wildman–Crippen MR) is 69.4 cm³/mol. The fourth-order valence-electron chi connectivity index (χ4n) is 1.50. The second-order valence-electron chi connectivity index (χ2n) is 3.98. The fourth-order valence-corrected chi connectivity index (χ4v) is 2.23. The van der Waals surface area contributed by atoms with Crippen molar-refractivity contribution in [1.82, 2.24) is 14.9 Å². The number of hydrogen-bond donors (Lipinski definition) is 0. The molecule has 17 heavy (non-hydrogen) atoms. The van der Waals surface area contributed by atoms with Crippen LogP contribution in [0, 0.1) is 0 Å². The van der Waals surface area contributed by atoms with Crippen LogP contribution in [0.2, 0.25) is 0 Å². The van der Waals surface area contributed by atoms with Crippen LogP contribution in [0.5, 0.6) is 0 Å². The molecule has 0 spiro atoms. The molecule has 0 aliphatic carbocycles. The first-order chi connectivity index (χ1) is 8.09. The van der Waals surface area contributed by atoms with Crippen molar-refractivity contribution in [3.05, 3.63) is 17.8 Å². The van der Waals surface area contributed by atoms with Gasteiger partial charge in [0.05, 0.1) is 11.9 Å². The minimum Gasteiger partial charge on any atom is -0.350 e. The molecular weight excluding hydrogens is 236 g/mol. The molecule has 2 aromatic rings. The number of aromatic nitrogens is 2. The summed E-state index contributed by atoms with van der Waals surface area (Å²) >= 11 is 1.57. The molecule has 0 saturated carbocycles. The summed E-state index contributed by atoms with van der Waals surface area (Å²) in [6.07, 6.45) is 1.53. The standard InChI is InChI=1S/C11H14N4OS/c1-14(2)9(16)6-15(3)10-8-4-5-17-11(8)13-7-12-10/h4-5,7H,6H2,1-3H3. The van der Waals surface area contributed by atoms with Crippen LogP contribution in [0.25, 0.3) is 10.2 Å². The molecule has 0 bridgehead atoms. The molecular formula is C11H14N4OS. The van der Waals surface area contributed by atoms with Crippen LogP contribution in [0.15, 0.2) is 17.8 Å². The lowest BCUT2D eigenvalue weighted by atomic mass is 10.3. The molecule has 2 aromatic heterocycles. The monoisotopic (exact) mass is 250 g/mol. The average Bonchev–Trinajstić information content (AvgIpc) is 2.76. The number of likely N-dealkylation sites (N-methyl/N-ethyl adjacent to an activating group) is 2. The van der Waals surface area contributed by atoms with Crippen LogP contribution in [-0.4, -0.2) is 48.5 Å². The van der Waals surface area contributed by atoms with Crippen LogP contribution in [0.4, 0.5) is 5.82 Å². The first-order valence-corrected chi connectivity index (χ1v) is 6.07. The Bertz CT molecular complexity index is 537. The highest BCUT2D eigenvalue weighted by atomic mass is 32.1. The summed E-state index contributed by atoms with van der Waals surface area (Å²) in [6.45, 7) is 0.314. The zero-order valence-corrected chi connectivity index (χ0v) is 10.9. The third kappa shape index (κ3) is 2.36. The van der Waals surface area contributed by atoms with E-state index in [2.05, 4.69) is 9.97 Å². The Hall–Kier alpha value is -1.69. The van der Waals surface area contributed by atoms with Crippen molar-refractivity contribution in [2.24, 2.45) is 0 Å². The first-order valence-electron chi connectivity index (χ1n) is 5.19. The van der Waals surface area contributed by atoms with Gasteiger partial charge in [-0.15, -0.1) is 11.3 Å². The molecule has 2 heterocycles. The van der Waals surface area contributed by atoms with Crippen LogP contribution >= 0.6 is 11.3 Å². The van der Waals surface area contributed by atoms with Gasteiger partial charge < -0.3 is 9.80 Å². The number of amides is 1. The summed E-state index contributed by atoms with van der Waals surface area (Å²) < 4.78 is 0. The van der Waals surface area contributed by atoms with Gasteiger partial charge in [-0.3, -0.25) is 4.79 Å². The van der Waals surface area contributed by atoms with E-state index in [4.69, 9.17) is 0 Å². The minimum absolute atomic E-state index is 0.0505. The molecule has 0 aliphatic heterocycles. The summed E-state index contributed by atoms with van der Waals surface area (Å²) in [5.74, 6) is 0.848. The number of carbonyl (C=O) groups is 1. The molecule has 90 valence electrons. The molecule has 0 unspecified atom stereocenters. The maximum atomic E-state index is 11.6. The van der Waals surface area contributed by atoms with E-state index < -0.39 is 0 Å². The molecule has 5 nitrogen and oxygen atoms in total. The van der Waals surface area contributed by atoms with Crippen LogP contribution in [0.3, 0.4) is 0 Å². The number of fused-ring (bicyclic) bond motifs is 1. The lowest BCUT2D eigenvalue weighted by Crippen LogP contribution is -2.34. The predicted octanol–water partition coefficient (Wildman–Crippen LogP) is 1.22. The Labute approximate surface area is 104 Å². The van der Waals surface area contributed by atoms with Crippen molar-refractivity contribution in [3.63, 3.8) is 0 Å². The van der Waals surface area contributed by atoms with Crippen LogP contribution in [-0.2, 0) is 4.79 Å². The van der Waals surface area contributed by atoms with Crippen LogP contribution in [0.1, 0.15) is 0 Å². The molecule has 0 aliphatic rings. The molecule has 6 heteroatoms. The van der Waals surface area contributed by atoms with Crippen molar-refractivity contribution < 1.29 is 4.79 Å². The molecule has 0 N–H and O–H groups in total. The van der Waals surface area contributed by atoms with Crippen LogP contribution < -0.4 is 4.90 Å². The highest BCUT2D eigenvalue weighted by Crippen LogP contribution is 2.25. The quantitative estimate of drug-likeness (QED) is 0.821. The van der Waals surface area contributed by atoms with E-state index >= 15 is 0 Å². The summed E-state index contributed by atoms with van der Waals surface area (Å²) in [5.41, 5.74) is 0. The Kier molecular flexibility index (Phi) is 3.23. The van der Waals surface area contributed by atoms with Crippen molar-refractivity contribution in [3.8, 4) is 0 Å². The zero-order valence-electron chi connectivity index (χ0n) is 10.0. The smallest absolute Gasteiger partial charge is 0.241 e. The van der Waals surface area contributed by atoms with Gasteiger partial charge in [0.15, 0.2) is 0 Å². The number of hydrogen-bond acceptors (Lipinski definition) is 5. The van der Waals surface area contributed by atoms with E-state index in [0.717, 1.165) is 16.0 Å². The largest absolute Gasteiger partial charge is 0.350 e. The number of rotatable bonds is 3. The van der Waals surface area contributed by atoms with E-state index in [1.165, 1.54) is 6.33 Å². The topological polar surface area (TPSA) is 49.3 Å². The first kappa shape index (κ1) is 11.8. The maximum Gasteiger partial charge on any atom is 0.241 e. The second-order valence-corrected chi connectivity index (χ2v) is 4.88. The molecule has 0 aromatic carbocycles. The molecule has 1 amide bonds. The van der Waals surface area contributed by atoms with Gasteiger partial charge >= 0.3 is 0 Å². The third-order valence-electron chi connectivity index (χ3n) is 2.47. The lowest BCUT2D eigenvalue weighted by Gasteiger charge is -2.20. The number of carbonyl (C=O) groups excluding carboxylic acids is 1. The van der Waals surface area contributed by atoms with Crippen molar-refractivity contribution >= 4 is 33.3 Å². The SMILES string of the molecule is CN(C)C(=O)CN(C)c1ncnc2sccc12. The molecule has 0 atom stereocenters. The zero-order chi connectivity index (χ0) is 12.4. The summed E-state index contributed by atoms with van der Waals surface area (Å²) in [7, 11) is 5.35. The Morgan fingerprint density at radius 3 is 2.82 bits per heavy atom. The van der Waals surface area contributed by atoms with Gasteiger partial charge in [-0.1, -0.05) is 0 Å². The highest BCUT2D eigenvalue weighted by Gasteiger charge is 2.13. The lowest BCUT2D eigenvalue weighted by molar-refractivity contribution is -0.127. The average molecular weight is 250 g/mol. The summed E-state index contributed by atoms with van der Waals surface area (Å²) in [5, 5.41) is 2.97. The molecule has 2 rings (SSSR count). The van der Waals surface area contributed by atoms with Gasteiger partial charge in [0, 0.05) is 21.1 Å².